The molecule has 6 heteroatoms. The van der Waals surface area contributed by atoms with Crippen LogP contribution in [0, 0.1) is 0 Å². The topological polar surface area (TPSA) is 40.6 Å². The standard InChI is InChI=1S/C16H18Cl2N2O2/c17-12-8-11(9-13(18)10-12)16(22)19-6-3-14(4-7-19)20-5-1-2-15(20)21/h8-10,14H,1-7H2. The molecule has 0 spiro atoms. The van der Waals surface area contributed by atoms with Gasteiger partial charge >= 0.3 is 0 Å². The summed E-state index contributed by atoms with van der Waals surface area (Å²) in [6.07, 6.45) is 3.30. The molecule has 0 N–H and O–H groups in total. The Morgan fingerprint density at radius 2 is 1.68 bits per heavy atom. The lowest BCUT2D eigenvalue weighted by atomic mass is 10.0. The van der Waals surface area contributed by atoms with Gasteiger partial charge in [-0.25, -0.2) is 0 Å². The maximum Gasteiger partial charge on any atom is 0.253 e. The molecule has 0 aliphatic carbocycles. The maximum absolute atomic E-state index is 12.5. The van der Waals surface area contributed by atoms with Gasteiger partial charge in [-0.1, -0.05) is 23.2 Å². The summed E-state index contributed by atoms with van der Waals surface area (Å²) in [6.45, 7) is 2.19. The Kier molecular flexibility index (Phi) is 4.59. The molecule has 0 atom stereocenters. The summed E-state index contributed by atoms with van der Waals surface area (Å²) < 4.78 is 0. The first-order chi connectivity index (χ1) is 10.5. The number of hydrogen-bond acceptors (Lipinski definition) is 2. The molecule has 2 saturated heterocycles. The highest BCUT2D eigenvalue weighted by molar-refractivity contribution is 6.35. The summed E-state index contributed by atoms with van der Waals surface area (Å²) >= 11 is 11.9. The predicted octanol–water partition coefficient (Wildman–Crippen LogP) is 3.22. The van der Waals surface area contributed by atoms with E-state index in [-0.39, 0.29) is 17.9 Å². The predicted molar refractivity (Wildman–Crippen MR) is 86.3 cm³/mol. The average Bonchev–Trinajstić information content (AvgIpc) is 2.92. The van der Waals surface area contributed by atoms with Crippen molar-refractivity contribution < 1.29 is 9.59 Å². The minimum absolute atomic E-state index is 0.0457. The Balaban J connectivity index is 1.63. The third-order valence-corrected chi connectivity index (χ3v) is 4.85. The number of nitrogens with zero attached hydrogens (tertiary/aromatic N) is 2. The van der Waals surface area contributed by atoms with Gasteiger partial charge in [-0.15, -0.1) is 0 Å². The summed E-state index contributed by atoms with van der Waals surface area (Å²) in [4.78, 5) is 28.1. The summed E-state index contributed by atoms with van der Waals surface area (Å²) in [6, 6.07) is 5.19. The zero-order valence-corrected chi connectivity index (χ0v) is 13.7. The van der Waals surface area contributed by atoms with Crippen LogP contribution in [0.2, 0.25) is 10.0 Å². The summed E-state index contributed by atoms with van der Waals surface area (Å²) in [5, 5.41) is 0.932. The van der Waals surface area contributed by atoms with Crippen molar-refractivity contribution in [1.29, 1.82) is 0 Å². The van der Waals surface area contributed by atoms with Crippen LogP contribution in [0.25, 0.3) is 0 Å². The highest BCUT2D eigenvalue weighted by atomic mass is 35.5. The molecule has 0 saturated carbocycles. The van der Waals surface area contributed by atoms with Gasteiger partial charge in [-0.2, -0.15) is 0 Å². The number of benzene rings is 1. The first-order valence-corrected chi connectivity index (χ1v) is 8.35. The van der Waals surface area contributed by atoms with Gasteiger partial charge in [0, 0.05) is 47.7 Å². The molecule has 0 unspecified atom stereocenters. The normalized spacial score (nSPS) is 19.8. The minimum atomic E-state index is -0.0457. The number of rotatable bonds is 2. The van der Waals surface area contributed by atoms with Crippen LogP contribution in [0.4, 0.5) is 0 Å². The van der Waals surface area contributed by atoms with Crippen LogP contribution >= 0.6 is 23.2 Å². The number of amides is 2. The second-order valence-corrected chi connectivity index (χ2v) is 6.75. The zero-order chi connectivity index (χ0) is 15.7. The largest absolute Gasteiger partial charge is 0.340 e. The Morgan fingerprint density at radius 3 is 2.23 bits per heavy atom. The molecule has 0 bridgehead atoms. The van der Waals surface area contributed by atoms with Crippen LogP contribution in [-0.2, 0) is 4.79 Å². The van der Waals surface area contributed by atoms with E-state index in [4.69, 9.17) is 23.2 Å². The Bertz CT molecular complexity index is 578. The van der Waals surface area contributed by atoms with Crippen LogP contribution in [0.5, 0.6) is 0 Å². The molecule has 22 heavy (non-hydrogen) atoms. The maximum atomic E-state index is 12.5. The van der Waals surface area contributed by atoms with Crippen LogP contribution in [0.15, 0.2) is 18.2 Å². The first-order valence-electron chi connectivity index (χ1n) is 7.59. The van der Waals surface area contributed by atoms with E-state index in [2.05, 4.69) is 0 Å². The van der Waals surface area contributed by atoms with Crippen molar-refractivity contribution in [2.45, 2.75) is 31.7 Å². The fourth-order valence-corrected chi connectivity index (χ4v) is 3.82. The molecule has 2 aliphatic rings. The van der Waals surface area contributed by atoms with Crippen LogP contribution in [0.1, 0.15) is 36.0 Å². The van der Waals surface area contributed by atoms with Gasteiger partial charge in [-0.3, -0.25) is 9.59 Å². The van der Waals surface area contributed by atoms with Crippen molar-refractivity contribution in [3.8, 4) is 0 Å². The molecule has 0 aromatic heterocycles. The lowest BCUT2D eigenvalue weighted by molar-refractivity contribution is -0.130. The fourth-order valence-electron chi connectivity index (χ4n) is 3.30. The molecular formula is C16H18Cl2N2O2. The second-order valence-electron chi connectivity index (χ2n) is 5.87. The molecule has 2 heterocycles. The van der Waals surface area contributed by atoms with Crippen molar-refractivity contribution in [3.63, 3.8) is 0 Å². The summed E-state index contributed by atoms with van der Waals surface area (Å²) in [7, 11) is 0. The number of hydrogen-bond donors (Lipinski definition) is 0. The van der Waals surface area contributed by atoms with Crippen molar-refractivity contribution in [2.24, 2.45) is 0 Å². The number of halogens is 2. The van der Waals surface area contributed by atoms with Crippen molar-refractivity contribution in [2.75, 3.05) is 19.6 Å². The van der Waals surface area contributed by atoms with Crippen LogP contribution in [0.3, 0.4) is 0 Å². The third kappa shape index (κ3) is 3.23. The van der Waals surface area contributed by atoms with E-state index < -0.39 is 0 Å². The molecule has 2 aliphatic heterocycles. The Labute approximate surface area is 140 Å². The van der Waals surface area contributed by atoms with Gasteiger partial charge < -0.3 is 9.80 Å². The van der Waals surface area contributed by atoms with Crippen LogP contribution < -0.4 is 0 Å². The van der Waals surface area contributed by atoms with E-state index in [1.807, 2.05) is 9.80 Å². The highest BCUT2D eigenvalue weighted by Crippen LogP contribution is 2.25. The smallest absolute Gasteiger partial charge is 0.253 e. The van der Waals surface area contributed by atoms with E-state index in [0.717, 1.165) is 25.8 Å². The fraction of sp³-hybridized carbons (Fsp3) is 0.500. The monoisotopic (exact) mass is 340 g/mol. The molecule has 2 fully saturated rings. The van der Waals surface area contributed by atoms with Gasteiger partial charge in [-0.05, 0) is 37.5 Å². The lowest BCUT2D eigenvalue weighted by Crippen LogP contribution is -2.47. The molecule has 3 rings (SSSR count). The molecule has 118 valence electrons. The van der Waals surface area contributed by atoms with Crippen molar-refractivity contribution >= 4 is 35.0 Å². The molecule has 4 nitrogen and oxygen atoms in total. The molecule has 1 aromatic rings. The van der Waals surface area contributed by atoms with Crippen molar-refractivity contribution in [3.05, 3.63) is 33.8 Å². The van der Waals surface area contributed by atoms with Gasteiger partial charge in [0.25, 0.3) is 5.91 Å². The zero-order valence-electron chi connectivity index (χ0n) is 12.2. The average molecular weight is 341 g/mol. The van der Waals surface area contributed by atoms with Gasteiger partial charge in [0.05, 0.1) is 0 Å². The van der Waals surface area contributed by atoms with E-state index >= 15 is 0 Å². The quantitative estimate of drug-likeness (QED) is 0.829. The minimum Gasteiger partial charge on any atom is -0.340 e. The Hall–Kier alpha value is -1.26. The summed E-state index contributed by atoms with van der Waals surface area (Å²) in [5.74, 6) is 0.210. The van der Waals surface area contributed by atoms with Gasteiger partial charge in [0.15, 0.2) is 0 Å². The molecular weight excluding hydrogens is 323 g/mol. The van der Waals surface area contributed by atoms with Gasteiger partial charge in [0.2, 0.25) is 5.91 Å². The molecule has 0 radical (unpaired) electrons. The van der Waals surface area contributed by atoms with E-state index in [9.17, 15) is 9.59 Å². The molecule has 2 amide bonds. The number of carbonyl (C=O) groups excluding carboxylic acids is 2. The number of piperidine rings is 1. The van der Waals surface area contributed by atoms with E-state index in [1.165, 1.54) is 0 Å². The SMILES string of the molecule is O=C(c1cc(Cl)cc(Cl)c1)N1CCC(N2CCCC2=O)CC1. The third-order valence-electron chi connectivity index (χ3n) is 4.41. The van der Waals surface area contributed by atoms with Crippen molar-refractivity contribution in [1.82, 2.24) is 9.80 Å². The lowest BCUT2D eigenvalue weighted by Gasteiger charge is -2.36. The second kappa shape index (κ2) is 6.47. The highest BCUT2D eigenvalue weighted by Gasteiger charge is 2.32. The van der Waals surface area contributed by atoms with E-state index in [1.54, 1.807) is 18.2 Å². The summed E-state index contributed by atoms with van der Waals surface area (Å²) in [5.41, 5.74) is 0.521. The molecule has 1 aromatic carbocycles. The number of likely N-dealkylation sites (tertiary alicyclic amines) is 2. The van der Waals surface area contributed by atoms with E-state index in [0.29, 0.717) is 35.1 Å². The van der Waals surface area contributed by atoms with Crippen LogP contribution in [-0.4, -0.2) is 47.3 Å². The number of carbonyl (C=O) groups is 2. The Morgan fingerprint density at radius 1 is 1.05 bits per heavy atom. The first kappa shape index (κ1) is 15.6. The van der Waals surface area contributed by atoms with Gasteiger partial charge in [0.1, 0.15) is 0 Å².